The Kier molecular flexibility index (Phi) is 5.14. The maximum atomic E-state index is 12.0. The van der Waals surface area contributed by atoms with E-state index in [9.17, 15) is 4.79 Å². The van der Waals surface area contributed by atoms with Crippen molar-refractivity contribution in [2.24, 2.45) is 5.41 Å². The molecule has 1 heterocycles. The van der Waals surface area contributed by atoms with Crippen LogP contribution in [0, 0.1) is 5.41 Å². The highest BCUT2D eigenvalue weighted by molar-refractivity contribution is 7.98. The topological polar surface area (TPSA) is 46.1 Å². The molecule has 0 aliphatic carbocycles. The summed E-state index contributed by atoms with van der Waals surface area (Å²) in [6.07, 6.45) is 4.22. The minimum Gasteiger partial charge on any atom is -0.340 e. The van der Waals surface area contributed by atoms with Crippen molar-refractivity contribution in [2.45, 2.75) is 38.9 Å². The molecule has 4 nitrogen and oxygen atoms in total. The highest BCUT2D eigenvalue weighted by atomic mass is 32.2. The summed E-state index contributed by atoms with van der Waals surface area (Å²) in [4.78, 5) is 22.2. The van der Waals surface area contributed by atoms with Crippen molar-refractivity contribution in [1.82, 2.24) is 14.9 Å². The average molecular weight is 267 g/mol. The van der Waals surface area contributed by atoms with E-state index in [1.54, 1.807) is 11.1 Å². The van der Waals surface area contributed by atoms with E-state index in [0.717, 1.165) is 10.9 Å². The molecule has 0 saturated carbocycles. The molecule has 0 aromatic carbocycles. The normalized spacial score (nSPS) is 11.4. The number of nitrogens with zero attached hydrogens (tertiary/aromatic N) is 3. The zero-order valence-corrected chi connectivity index (χ0v) is 12.5. The van der Waals surface area contributed by atoms with Crippen LogP contribution >= 0.6 is 11.8 Å². The molecule has 1 aromatic heterocycles. The second-order valence-corrected chi connectivity index (χ2v) is 6.30. The molecule has 1 rings (SSSR count). The van der Waals surface area contributed by atoms with Crippen molar-refractivity contribution in [3.63, 3.8) is 0 Å². The maximum absolute atomic E-state index is 12.0. The first-order chi connectivity index (χ1) is 8.31. The Morgan fingerprint density at radius 3 is 2.67 bits per heavy atom. The molecule has 0 aliphatic heterocycles. The molecule has 0 radical (unpaired) electrons. The molecule has 0 atom stereocenters. The summed E-state index contributed by atoms with van der Waals surface area (Å²) in [6, 6.07) is 1.85. The first kappa shape index (κ1) is 15.0. The highest BCUT2D eigenvalue weighted by Crippen LogP contribution is 2.20. The zero-order chi connectivity index (χ0) is 13.8. The summed E-state index contributed by atoms with van der Waals surface area (Å²) in [5, 5.41) is 0.740. The SMILES string of the molecule is CSc1nccc(CN(C)C(=O)CC(C)(C)C)n1. The van der Waals surface area contributed by atoms with Gasteiger partial charge in [0.1, 0.15) is 0 Å². The first-order valence-electron chi connectivity index (χ1n) is 5.92. The summed E-state index contributed by atoms with van der Waals surface area (Å²) in [6.45, 7) is 6.73. The average Bonchev–Trinajstić information content (AvgIpc) is 2.27. The van der Waals surface area contributed by atoms with Gasteiger partial charge in [0.15, 0.2) is 5.16 Å². The van der Waals surface area contributed by atoms with E-state index >= 15 is 0 Å². The quantitative estimate of drug-likeness (QED) is 0.621. The van der Waals surface area contributed by atoms with Crippen LogP contribution in [0.25, 0.3) is 0 Å². The second-order valence-electron chi connectivity index (χ2n) is 5.52. The van der Waals surface area contributed by atoms with Crippen LogP contribution in [0.1, 0.15) is 32.9 Å². The molecule has 0 fully saturated rings. The fraction of sp³-hybridized carbons (Fsp3) is 0.615. The minimum absolute atomic E-state index is 0.0153. The monoisotopic (exact) mass is 267 g/mol. The number of rotatable bonds is 4. The Labute approximate surface area is 113 Å². The summed E-state index contributed by atoms with van der Waals surface area (Å²) in [5.41, 5.74) is 0.889. The fourth-order valence-corrected chi connectivity index (χ4v) is 1.86. The molecular formula is C13H21N3OS. The molecule has 0 spiro atoms. The van der Waals surface area contributed by atoms with E-state index in [4.69, 9.17) is 0 Å². The molecule has 100 valence electrons. The van der Waals surface area contributed by atoms with Gasteiger partial charge in [-0.2, -0.15) is 0 Å². The van der Waals surface area contributed by atoms with Crippen molar-refractivity contribution in [2.75, 3.05) is 13.3 Å². The Hall–Kier alpha value is -1.10. The van der Waals surface area contributed by atoms with Gasteiger partial charge in [-0.25, -0.2) is 9.97 Å². The highest BCUT2D eigenvalue weighted by Gasteiger charge is 2.19. The first-order valence-corrected chi connectivity index (χ1v) is 7.14. The van der Waals surface area contributed by atoms with Crippen LogP contribution in [0.5, 0.6) is 0 Å². The van der Waals surface area contributed by atoms with Gasteiger partial charge in [-0.05, 0) is 17.7 Å². The van der Waals surface area contributed by atoms with Crippen molar-refractivity contribution >= 4 is 17.7 Å². The number of aromatic nitrogens is 2. The van der Waals surface area contributed by atoms with Crippen LogP contribution in [0.15, 0.2) is 17.4 Å². The van der Waals surface area contributed by atoms with Gasteiger partial charge in [-0.1, -0.05) is 32.5 Å². The summed E-state index contributed by atoms with van der Waals surface area (Å²) < 4.78 is 0. The summed E-state index contributed by atoms with van der Waals surface area (Å²) >= 11 is 1.50. The lowest BCUT2D eigenvalue weighted by Crippen LogP contribution is -2.30. The molecule has 1 amide bonds. The smallest absolute Gasteiger partial charge is 0.223 e. The van der Waals surface area contributed by atoms with E-state index in [1.807, 2.05) is 19.4 Å². The Morgan fingerprint density at radius 1 is 1.44 bits per heavy atom. The second kappa shape index (κ2) is 6.18. The Bertz CT molecular complexity index is 415. The standard InChI is InChI=1S/C13H21N3OS/c1-13(2,3)8-11(17)16(4)9-10-6-7-14-12(15-10)18-5/h6-7H,8-9H2,1-5H3. The van der Waals surface area contributed by atoms with Gasteiger partial charge in [-0.3, -0.25) is 4.79 Å². The number of hydrogen-bond acceptors (Lipinski definition) is 4. The fourth-order valence-electron chi connectivity index (χ4n) is 1.48. The molecule has 0 aliphatic rings. The van der Waals surface area contributed by atoms with Gasteiger partial charge >= 0.3 is 0 Å². The predicted molar refractivity (Wildman–Crippen MR) is 74.4 cm³/mol. The van der Waals surface area contributed by atoms with Gasteiger partial charge in [0.05, 0.1) is 12.2 Å². The number of thioether (sulfide) groups is 1. The van der Waals surface area contributed by atoms with Crippen molar-refractivity contribution in [3.8, 4) is 0 Å². The largest absolute Gasteiger partial charge is 0.340 e. The van der Waals surface area contributed by atoms with E-state index < -0.39 is 0 Å². The van der Waals surface area contributed by atoms with Gasteiger partial charge in [0.2, 0.25) is 5.91 Å². The molecule has 0 saturated heterocycles. The maximum Gasteiger partial charge on any atom is 0.223 e. The molecule has 1 aromatic rings. The lowest BCUT2D eigenvalue weighted by molar-refractivity contribution is -0.132. The van der Waals surface area contributed by atoms with Crippen molar-refractivity contribution in [3.05, 3.63) is 18.0 Å². The van der Waals surface area contributed by atoms with Crippen LogP contribution in [0.2, 0.25) is 0 Å². The van der Waals surface area contributed by atoms with Crippen molar-refractivity contribution in [1.29, 1.82) is 0 Å². The third kappa shape index (κ3) is 5.04. The lowest BCUT2D eigenvalue weighted by Gasteiger charge is -2.23. The Balaban J connectivity index is 2.63. The van der Waals surface area contributed by atoms with Crippen LogP contribution in [0.4, 0.5) is 0 Å². The molecule has 18 heavy (non-hydrogen) atoms. The lowest BCUT2D eigenvalue weighted by atomic mass is 9.92. The molecule has 5 heteroatoms. The van der Waals surface area contributed by atoms with Gasteiger partial charge in [-0.15, -0.1) is 0 Å². The number of carbonyl (C=O) groups is 1. The number of amides is 1. The van der Waals surface area contributed by atoms with E-state index in [2.05, 4.69) is 30.7 Å². The van der Waals surface area contributed by atoms with E-state index in [-0.39, 0.29) is 11.3 Å². The van der Waals surface area contributed by atoms with Gasteiger partial charge < -0.3 is 4.90 Å². The molecule has 0 unspecified atom stereocenters. The zero-order valence-electron chi connectivity index (χ0n) is 11.7. The molecule has 0 bridgehead atoms. The molecule has 0 N–H and O–H groups in total. The number of hydrogen-bond donors (Lipinski definition) is 0. The van der Waals surface area contributed by atoms with E-state index in [1.165, 1.54) is 11.8 Å². The van der Waals surface area contributed by atoms with Crippen molar-refractivity contribution < 1.29 is 4.79 Å². The Morgan fingerprint density at radius 2 is 2.11 bits per heavy atom. The third-order valence-electron chi connectivity index (χ3n) is 2.38. The third-order valence-corrected chi connectivity index (χ3v) is 2.94. The summed E-state index contributed by atoms with van der Waals surface area (Å²) in [5.74, 6) is 0.145. The minimum atomic E-state index is 0.0153. The molecular weight excluding hydrogens is 246 g/mol. The van der Waals surface area contributed by atoms with Crippen LogP contribution in [-0.4, -0.2) is 34.1 Å². The van der Waals surface area contributed by atoms with Crippen LogP contribution in [0.3, 0.4) is 0 Å². The number of carbonyl (C=O) groups excluding carboxylic acids is 1. The van der Waals surface area contributed by atoms with Gasteiger partial charge in [0, 0.05) is 19.7 Å². The van der Waals surface area contributed by atoms with Crippen LogP contribution in [-0.2, 0) is 11.3 Å². The predicted octanol–water partition coefficient (Wildman–Crippen LogP) is 2.59. The van der Waals surface area contributed by atoms with Crippen LogP contribution < -0.4 is 0 Å². The van der Waals surface area contributed by atoms with E-state index in [0.29, 0.717) is 13.0 Å². The van der Waals surface area contributed by atoms with Gasteiger partial charge in [0.25, 0.3) is 0 Å². The summed E-state index contributed by atoms with van der Waals surface area (Å²) in [7, 11) is 1.81.